The summed E-state index contributed by atoms with van der Waals surface area (Å²) in [7, 11) is 0. The SMILES string of the molecule is CC1CCN(C(=O)c2cccc(NC(=O)CCCCC(=O)Nc3cccc(C(=O)N4CCC(C)CC4)c3)c2)CC1. The van der Waals surface area contributed by atoms with E-state index < -0.39 is 0 Å². The van der Waals surface area contributed by atoms with Crippen LogP contribution < -0.4 is 10.6 Å². The average molecular weight is 547 g/mol. The van der Waals surface area contributed by atoms with Gasteiger partial charge in [0.05, 0.1) is 0 Å². The van der Waals surface area contributed by atoms with Gasteiger partial charge in [-0.05, 0) is 86.8 Å². The molecule has 8 nitrogen and oxygen atoms in total. The molecule has 8 heteroatoms. The largest absolute Gasteiger partial charge is 0.339 e. The van der Waals surface area contributed by atoms with Gasteiger partial charge < -0.3 is 20.4 Å². The van der Waals surface area contributed by atoms with E-state index in [0.717, 1.165) is 51.9 Å². The highest BCUT2D eigenvalue weighted by molar-refractivity contribution is 5.98. The molecule has 4 rings (SSSR count). The number of anilines is 2. The minimum absolute atomic E-state index is 0.00467. The van der Waals surface area contributed by atoms with Crippen molar-refractivity contribution in [1.29, 1.82) is 0 Å². The van der Waals surface area contributed by atoms with Gasteiger partial charge in [-0.3, -0.25) is 19.2 Å². The Labute approximate surface area is 237 Å². The molecule has 2 aliphatic rings. The smallest absolute Gasteiger partial charge is 0.253 e. The lowest BCUT2D eigenvalue weighted by Gasteiger charge is -2.30. The summed E-state index contributed by atoms with van der Waals surface area (Å²) in [6.45, 7) is 7.50. The maximum atomic E-state index is 12.8. The molecule has 40 heavy (non-hydrogen) atoms. The molecule has 0 saturated carbocycles. The number of nitrogens with one attached hydrogen (secondary N) is 2. The molecule has 0 atom stereocenters. The number of likely N-dealkylation sites (tertiary alicyclic amines) is 2. The van der Waals surface area contributed by atoms with Gasteiger partial charge in [-0.15, -0.1) is 0 Å². The first-order chi connectivity index (χ1) is 19.3. The lowest BCUT2D eigenvalue weighted by atomic mass is 9.98. The summed E-state index contributed by atoms with van der Waals surface area (Å²) in [6, 6.07) is 14.2. The summed E-state index contributed by atoms with van der Waals surface area (Å²) in [4.78, 5) is 54.4. The fourth-order valence-electron chi connectivity index (χ4n) is 5.27. The van der Waals surface area contributed by atoms with Crippen LogP contribution in [-0.2, 0) is 9.59 Å². The number of nitrogens with zero attached hydrogens (tertiary/aromatic N) is 2. The number of unbranched alkanes of at least 4 members (excludes halogenated alkanes) is 1. The van der Waals surface area contributed by atoms with Crippen molar-refractivity contribution in [1.82, 2.24) is 9.80 Å². The van der Waals surface area contributed by atoms with Crippen LogP contribution >= 0.6 is 0 Å². The van der Waals surface area contributed by atoms with Gasteiger partial charge in [0.1, 0.15) is 0 Å². The molecule has 2 fully saturated rings. The van der Waals surface area contributed by atoms with Crippen LogP contribution in [0.15, 0.2) is 48.5 Å². The summed E-state index contributed by atoms with van der Waals surface area (Å²) < 4.78 is 0. The van der Waals surface area contributed by atoms with E-state index in [1.807, 2.05) is 9.80 Å². The third kappa shape index (κ3) is 8.41. The van der Waals surface area contributed by atoms with Crippen LogP contribution in [0.2, 0.25) is 0 Å². The van der Waals surface area contributed by atoms with Crippen molar-refractivity contribution < 1.29 is 19.2 Å². The topological polar surface area (TPSA) is 98.8 Å². The van der Waals surface area contributed by atoms with Crippen molar-refractivity contribution in [3.05, 3.63) is 59.7 Å². The zero-order valence-corrected chi connectivity index (χ0v) is 23.8. The summed E-state index contributed by atoms with van der Waals surface area (Å²) in [5.74, 6) is 1.02. The van der Waals surface area contributed by atoms with Gasteiger partial charge in [-0.1, -0.05) is 26.0 Å². The second-order valence-electron chi connectivity index (χ2n) is 11.4. The van der Waals surface area contributed by atoms with E-state index >= 15 is 0 Å². The number of hydrogen-bond donors (Lipinski definition) is 2. The zero-order valence-electron chi connectivity index (χ0n) is 23.8. The molecule has 4 amide bonds. The predicted octanol–water partition coefficient (Wildman–Crippen LogP) is 5.57. The van der Waals surface area contributed by atoms with Crippen molar-refractivity contribution in [2.24, 2.45) is 11.8 Å². The highest BCUT2D eigenvalue weighted by Crippen LogP contribution is 2.21. The Morgan fingerprint density at radius 3 is 1.40 bits per heavy atom. The van der Waals surface area contributed by atoms with Crippen molar-refractivity contribution in [2.75, 3.05) is 36.8 Å². The predicted molar refractivity (Wildman–Crippen MR) is 157 cm³/mol. The van der Waals surface area contributed by atoms with Gasteiger partial charge in [-0.25, -0.2) is 0 Å². The fourth-order valence-corrected chi connectivity index (χ4v) is 5.27. The third-order valence-electron chi connectivity index (χ3n) is 7.99. The monoisotopic (exact) mass is 546 g/mol. The van der Waals surface area contributed by atoms with Crippen LogP contribution in [0.3, 0.4) is 0 Å². The Morgan fingerprint density at radius 1 is 0.650 bits per heavy atom. The molecule has 0 bridgehead atoms. The Morgan fingerprint density at radius 2 is 1.02 bits per heavy atom. The van der Waals surface area contributed by atoms with Crippen LogP contribution in [-0.4, -0.2) is 59.6 Å². The van der Waals surface area contributed by atoms with E-state index in [9.17, 15) is 19.2 Å². The van der Waals surface area contributed by atoms with Crippen molar-refractivity contribution in [3.8, 4) is 0 Å². The number of benzene rings is 2. The average Bonchev–Trinajstić information content (AvgIpc) is 2.96. The van der Waals surface area contributed by atoms with Gasteiger partial charge >= 0.3 is 0 Å². The van der Waals surface area contributed by atoms with Gasteiger partial charge in [0.2, 0.25) is 11.8 Å². The molecular weight excluding hydrogens is 504 g/mol. The van der Waals surface area contributed by atoms with Gasteiger partial charge in [0.15, 0.2) is 0 Å². The number of rotatable bonds is 9. The number of carbonyl (C=O) groups is 4. The number of amides is 4. The molecule has 0 aliphatic carbocycles. The second-order valence-corrected chi connectivity index (χ2v) is 11.4. The van der Waals surface area contributed by atoms with E-state index in [1.165, 1.54) is 0 Å². The first kappa shape index (κ1) is 29.3. The molecule has 2 aromatic carbocycles. The zero-order chi connectivity index (χ0) is 28.5. The maximum absolute atomic E-state index is 12.8. The molecular formula is C32H42N4O4. The first-order valence-electron chi connectivity index (χ1n) is 14.7. The molecule has 0 spiro atoms. The summed E-state index contributed by atoms with van der Waals surface area (Å²) in [6.07, 6.45) is 5.77. The Hall–Kier alpha value is -3.68. The summed E-state index contributed by atoms with van der Waals surface area (Å²) in [5.41, 5.74) is 2.38. The number of piperidine rings is 2. The quantitative estimate of drug-likeness (QED) is 0.402. The Bertz CT molecular complexity index is 1100. The van der Waals surface area contributed by atoms with E-state index in [-0.39, 0.29) is 36.5 Å². The molecule has 0 unspecified atom stereocenters. The van der Waals surface area contributed by atoms with Crippen LogP contribution in [0.4, 0.5) is 11.4 Å². The molecule has 2 aromatic rings. The van der Waals surface area contributed by atoms with Crippen LogP contribution in [0, 0.1) is 11.8 Å². The van der Waals surface area contributed by atoms with Crippen LogP contribution in [0.5, 0.6) is 0 Å². The van der Waals surface area contributed by atoms with Crippen LogP contribution in [0.25, 0.3) is 0 Å². The molecule has 0 aromatic heterocycles. The molecule has 0 radical (unpaired) electrons. The molecule has 2 heterocycles. The van der Waals surface area contributed by atoms with E-state index in [2.05, 4.69) is 24.5 Å². The number of carbonyl (C=O) groups excluding carboxylic acids is 4. The van der Waals surface area contributed by atoms with Gasteiger partial charge in [0, 0.05) is 61.5 Å². The fraction of sp³-hybridized carbons (Fsp3) is 0.500. The van der Waals surface area contributed by atoms with Crippen molar-refractivity contribution >= 4 is 35.0 Å². The lowest BCUT2D eigenvalue weighted by molar-refractivity contribution is -0.118. The van der Waals surface area contributed by atoms with Crippen LogP contribution in [0.1, 0.15) is 85.9 Å². The normalized spacial score (nSPS) is 16.4. The molecule has 2 aliphatic heterocycles. The van der Waals surface area contributed by atoms with E-state index in [0.29, 0.717) is 47.2 Å². The lowest BCUT2D eigenvalue weighted by Crippen LogP contribution is -2.37. The summed E-state index contributed by atoms with van der Waals surface area (Å²) >= 11 is 0. The molecule has 2 N–H and O–H groups in total. The second kappa shape index (κ2) is 14.1. The van der Waals surface area contributed by atoms with E-state index in [4.69, 9.17) is 0 Å². The molecule has 2 saturated heterocycles. The highest BCUT2D eigenvalue weighted by atomic mass is 16.2. The van der Waals surface area contributed by atoms with Gasteiger partial charge in [-0.2, -0.15) is 0 Å². The Balaban J connectivity index is 1.17. The summed E-state index contributed by atoms with van der Waals surface area (Å²) in [5, 5.41) is 5.75. The minimum atomic E-state index is -0.143. The van der Waals surface area contributed by atoms with Crippen molar-refractivity contribution in [2.45, 2.75) is 65.2 Å². The number of hydrogen-bond acceptors (Lipinski definition) is 4. The van der Waals surface area contributed by atoms with Gasteiger partial charge in [0.25, 0.3) is 11.8 Å². The first-order valence-corrected chi connectivity index (χ1v) is 14.7. The highest BCUT2D eigenvalue weighted by Gasteiger charge is 2.23. The third-order valence-corrected chi connectivity index (χ3v) is 7.99. The van der Waals surface area contributed by atoms with Crippen molar-refractivity contribution in [3.63, 3.8) is 0 Å². The Kier molecular flexibility index (Phi) is 10.3. The standard InChI is InChI=1S/C32H42N4O4/c1-23-13-17-35(18-14-23)31(39)25-7-5-9-27(21-25)33-29(37)11-3-4-12-30(38)34-28-10-6-8-26(22-28)32(40)36-19-15-24(2)16-20-36/h5-10,21-24H,3-4,11-20H2,1-2H3,(H,33,37)(H,34,38). The molecule has 214 valence electrons. The van der Waals surface area contributed by atoms with E-state index in [1.54, 1.807) is 48.5 Å². The minimum Gasteiger partial charge on any atom is -0.339 e. The maximum Gasteiger partial charge on any atom is 0.253 e.